The van der Waals surface area contributed by atoms with Crippen LogP contribution in [0.5, 0.6) is 5.75 Å². The van der Waals surface area contributed by atoms with Crippen molar-refractivity contribution in [3.63, 3.8) is 0 Å². The number of hydrogen-bond acceptors (Lipinski definition) is 5. The van der Waals surface area contributed by atoms with Crippen LogP contribution in [-0.2, 0) is 11.3 Å². The predicted molar refractivity (Wildman–Crippen MR) is 123 cm³/mol. The Morgan fingerprint density at radius 3 is 2.65 bits per heavy atom. The first-order valence-corrected chi connectivity index (χ1v) is 10.7. The number of aromatic nitrogens is 1. The van der Waals surface area contributed by atoms with Crippen molar-refractivity contribution in [1.29, 1.82) is 0 Å². The first-order valence-electron chi connectivity index (χ1n) is 10.7. The van der Waals surface area contributed by atoms with Crippen LogP contribution in [0.25, 0.3) is 0 Å². The second-order valence-electron chi connectivity index (χ2n) is 7.66. The Hall–Kier alpha value is -3.29. The number of ether oxygens (including phenoxy) is 1. The number of amides is 1. The van der Waals surface area contributed by atoms with Crippen molar-refractivity contribution in [2.45, 2.75) is 26.3 Å². The van der Waals surface area contributed by atoms with E-state index in [2.05, 4.69) is 38.5 Å². The molecule has 1 aromatic heterocycles. The van der Waals surface area contributed by atoms with Crippen LogP contribution in [0, 0.1) is 12.8 Å². The van der Waals surface area contributed by atoms with Crippen LogP contribution in [0.15, 0.2) is 47.6 Å². The van der Waals surface area contributed by atoms with Crippen molar-refractivity contribution in [1.82, 2.24) is 15.6 Å². The number of hydrogen-bond donors (Lipinski definition) is 3. The second-order valence-corrected chi connectivity index (χ2v) is 7.66. The first-order chi connectivity index (χ1) is 15.1. The molecule has 1 aliphatic rings. The molecule has 8 heteroatoms. The number of guanidine groups is 1. The number of benzene rings is 1. The van der Waals surface area contributed by atoms with Crippen LogP contribution in [0.3, 0.4) is 0 Å². The van der Waals surface area contributed by atoms with Crippen LogP contribution in [0.4, 0.5) is 5.82 Å². The lowest BCUT2D eigenvalue weighted by molar-refractivity contribution is -0.122. The lowest BCUT2D eigenvalue weighted by atomic mass is 9.96. The molecule has 0 aliphatic carbocycles. The number of primary amides is 1. The van der Waals surface area contributed by atoms with Gasteiger partial charge in [-0.15, -0.1) is 0 Å². The normalized spacial score (nSPS) is 14.9. The van der Waals surface area contributed by atoms with Crippen molar-refractivity contribution in [3.05, 3.63) is 53.7 Å². The molecule has 1 aromatic carbocycles. The van der Waals surface area contributed by atoms with Crippen molar-refractivity contribution >= 4 is 17.7 Å². The third kappa shape index (κ3) is 6.60. The molecule has 1 fully saturated rings. The van der Waals surface area contributed by atoms with Crippen LogP contribution < -0.4 is 26.0 Å². The molecule has 8 nitrogen and oxygen atoms in total. The molecule has 0 atom stereocenters. The van der Waals surface area contributed by atoms with Gasteiger partial charge in [0.2, 0.25) is 5.91 Å². The smallest absolute Gasteiger partial charge is 0.220 e. The Balaban J connectivity index is 1.47. The fourth-order valence-corrected chi connectivity index (χ4v) is 3.60. The number of nitrogens with two attached hydrogens (primary N) is 1. The summed E-state index contributed by atoms with van der Waals surface area (Å²) >= 11 is 0. The minimum absolute atomic E-state index is 0.0355. The summed E-state index contributed by atoms with van der Waals surface area (Å²) in [6.45, 7) is 5.38. The Bertz CT molecular complexity index is 876. The summed E-state index contributed by atoms with van der Waals surface area (Å²) in [4.78, 5) is 22.5. The average Bonchev–Trinajstić information content (AvgIpc) is 2.80. The van der Waals surface area contributed by atoms with Gasteiger partial charge in [-0.25, -0.2) is 4.98 Å². The minimum Gasteiger partial charge on any atom is -0.492 e. The molecule has 3 rings (SSSR count). The summed E-state index contributed by atoms with van der Waals surface area (Å²) in [6, 6.07) is 12.0. The number of anilines is 1. The average molecular weight is 425 g/mol. The van der Waals surface area contributed by atoms with Gasteiger partial charge in [-0.3, -0.25) is 9.79 Å². The highest BCUT2D eigenvalue weighted by atomic mass is 16.5. The molecule has 2 heterocycles. The quantitative estimate of drug-likeness (QED) is 0.339. The van der Waals surface area contributed by atoms with E-state index in [0.717, 1.165) is 43.1 Å². The topological polar surface area (TPSA) is 105 Å². The van der Waals surface area contributed by atoms with E-state index in [0.29, 0.717) is 25.7 Å². The van der Waals surface area contributed by atoms with Gasteiger partial charge < -0.3 is 26.0 Å². The van der Waals surface area contributed by atoms with Gasteiger partial charge in [-0.1, -0.05) is 23.8 Å². The van der Waals surface area contributed by atoms with Crippen LogP contribution >= 0.6 is 0 Å². The Labute approximate surface area is 183 Å². The van der Waals surface area contributed by atoms with Gasteiger partial charge in [0.25, 0.3) is 0 Å². The second kappa shape index (κ2) is 11.2. The molecule has 31 heavy (non-hydrogen) atoms. The Kier molecular flexibility index (Phi) is 8.09. The molecule has 1 aliphatic heterocycles. The van der Waals surface area contributed by atoms with Crippen molar-refractivity contribution in [2.75, 3.05) is 38.2 Å². The summed E-state index contributed by atoms with van der Waals surface area (Å²) in [5.41, 5.74) is 7.75. The molecule has 4 N–H and O–H groups in total. The van der Waals surface area contributed by atoms with Gasteiger partial charge in [-0.2, -0.15) is 0 Å². The van der Waals surface area contributed by atoms with E-state index in [-0.39, 0.29) is 11.8 Å². The van der Waals surface area contributed by atoms with E-state index in [1.54, 1.807) is 13.2 Å². The summed E-state index contributed by atoms with van der Waals surface area (Å²) < 4.78 is 5.75. The Morgan fingerprint density at radius 1 is 1.23 bits per heavy atom. The van der Waals surface area contributed by atoms with E-state index in [1.807, 2.05) is 30.3 Å². The van der Waals surface area contributed by atoms with Crippen molar-refractivity contribution in [2.24, 2.45) is 16.6 Å². The SMILES string of the molecule is CN=C(NCCOc1ccc(C)cc1)NCc1cccnc1N1CCC(C(N)=O)CC1. The number of carbonyl (C=O) groups excluding carboxylic acids is 1. The number of pyridine rings is 1. The largest absolute Gasteiger partial charge is 0.492 e. The highest BCUT2D eigenvalue weighted by Gasteiger charge is 2.24. The number of rotatable bonds is 8. The van der Waals surface area contributed by atoms with E-state index >= 15 is 0 Å². The maximum absolute atomic E-state index is 11.4. The molecular formula is C23H32N6O2. The zero-order chi connectivity index (χ0) is 22.1. The van der Waals surface area contributed by atoms with Gasteiger partial charge in [-0.05, 0) is 38.0 Å². The Morgan fingerprint density at radius 2 is 1.97 bits per heavy atom. The lowest BCUT2D eigenvalue weighted by Crippen LogP contribution is -2.41. The predicted octanol–water partition coefficient (Wildman–Crippen LogP) is 1.84. The number of nitrogens with one attached hydrogen (secondary N) is 2. The molecule has 0 unspecified atom stereocenters. The van der Waals surface area contributed by atoms with Crippen molar-refractivity contribution in [3.8, 4) is 5.75 Å². The molecule has 0 bridgehead atoms. The minimum atomic E-state index is -0.205. The van der Waals surface area contributed by atoms with Gasteiger partial charge in [0.1, 0.15) is 18.2 Å². The molecular weight excluding hydrogens is 392 g/mol. The molecule has 0 saturated carbocycles. The molecule has 1 saturated heterocycles. The molecule has 166 valence electrons. The van der Waals surface area contributed by atoms with E-state index in [1.165, 1.54) is 5.56 Å². The maximum Gasteiger partial charge on any atom is 0.220 e. The summed E-state index contributed by atoms with van der Waals surface area (Å²) in [7, 11) is 1.74. The zero-order valence-corrected chi connectivity index (χ0v) is 18.3. The zero-order valence-electron chi connectivity index (χ0n) is 18.3. The summed E-state index contributed by atoms with van der Waals surface area (Å²) in [6.07, 6.45) is 3.33. The van der Waals surface area contributed by atoms with Gasteiger partial charge in [0.05, 0.1) is 6.54 Å². The van der Waals surface area contributed by atoms with Crippen LogP contribution in [0.1, 0.15) is 24.0 Å². The molecule has 1 amide bonds. The third-order valence-corrected chi connectivity index (χ3v) is 5.42. The third-order valence-electron chi connectivity index (χ3n) is 5.42. The fourth-order valence-electron chi connectivity index (χ4n) is 3.60. The molecule has 0 radical (unpaired) electrons. The lowest BCUT2D eigenvalue weighted by Gasteiger charge is -2.32. The maximum atomic E-state index is 11.4. The first kappa shape index (κ1) is 22.4. The fraction of sp³-hybridized carbons (Fsp3) is 0.435. The number of aliphatic imine (C=N–C) groups is 1. The standard InChI is InChI=1S/C23H32N6O2/c1-17-5-7-20(8-6-17)31-15-12-27-23(25-2)28-16-19-4-3-11-26-22(19)29-13-9-18(10-14-29)21(24)30/h3-8,11,18H,9-10,12-16H2,1-2H3,(H2,24,30)(H2,25,27,28). The van der Waals surface area contributed by atoms with Gasteiger partial charge in [0.15, 0.2) is 5.96 Å². The highest BCUT2D eigenvalue weighted by molar-refractivity contribution is 5.79. The summed E-state index contributed by atoms with van der Waals surface area (Å²) in [5, 5.41) is 6.61. The van der Waals surface area contributed by atoms with Gasteiger partial charge >= 0.3 is 0 Å². The molecule has 2 aromatic rings. The van der Waals surface area contributed by atoms with Gasteiger partial charge in [0, 0.05) is 44.4 Å². The van der Waals surface area contributed by atoms with Crippen LogP contribution in [0.2, 0.25) is 0 Å². The van der Waals surface area contributed by atoms with Crippen LogP contribution in [-0.4, -0.2) is 50.1 Å². The number of carbonyl (C=O) groups is 1. The number of nitrogens with zero attached hydrogens (tertiary/aromatic N) is 3. The van der Waals surface area contributed by atoms with E-state index in [4.69, 9.17) is 10.5 Å². The monoisotopic (exact) mass is 424 g/mol. The number of aryl methyl sites for hydroxylation is 1. The van der Waals surface area contributed by atoms with Crippen molar-refractivity contribution < 1.29 is 9.53 Å². The van der Waals surface area contributed by atoms with E-state index < -0.39 is 0 Å². The summed E-state index contributed by atoms with van der Waals surface area (Å²) in [5.74, 6) is 2.26. The number of piperidine rings is 1. The van der Waals surface area contributed by atoms with E-state index in [9.17, 15) is 4.79 Å². The molecule has 0 spiro atoms. The highest BCUT2D eigenvalue weighted by Crippen LogP contribution is 2.24.